The van der Waals surface area contributed by atoms with Crippen molar-refractivity contribution >= 4 is 5.97 Å². The molecule has 0 aliphatic heterocycles. The smallest absolute Gasteiger partial charge is 0.347 e. The van der Waals surface area contributed by atoms with Gasteiger partial charge in [0.2, 0.25) is 0 Å². The summed E-state index contributed by atoms with van der Waals surface area (Å²) in [5.74, 6) is -1.32. The number of carbonyl (C=O) groups is 1. The molecule has 1 N–H and O–H groups in total. The van der Waals surface area contributed by atoms with E-state index in [1.165, 1.54) is 4.57 Å². The van der Waals surface area contributed by atoms with Crippen LogP contribution in [0.2, 0.25) is 0 Å². The Morgan fingerprint density at radius 1 is 1.50 bits per heavy atom. The van der Waals surface area contributed by atoms with Crippen molar-refractivity contribution in [1.29, 1.82) is 0 Å². The van der Waals surface area contributed by atoms with Crippen molar-refractivity contribution in [1.82, 2.24) is 9.55 Å². The number of rotatable bonds is 3. The minimum atomic E-state index is -0.840. The largest absolute Gasteiger partial charge is 0.481 e. The van der Waals surface area contributed by atoms with Gasteiger partial charge >= 0.3 is 11.7 Å². The van der Waals surface area contributed by atoms with Crippen molar-refractivity contribution in [3.63, 3.8) is 0 Å². The van der Waals surface area contributed by atoms with E-state index in [0.717, 1.165) is 11.3 Å². The van der Waals surface area contributed by atoms with E-state index in [1.54, 1.807) is 27.8 Å². The van der Waals surface area contributed by atoms with Crippen molar-refractivity contribution < 1.29 is 9.90 Å². The molecule has 1 aromatic rings. The van der Waals surface area contributed by atoms with Gasteiger partial charge in [0.15, 0.2) is 0 Å². The second-order valence-electron chi connectivity index (χ2n) is 4.05. The fraction of sp³-hybridized carbons (Fsp3) is 0.545. The molecule has 5 nitrogen and oxygen atoms in total. The van der Waals surface area contributed by atoms with Crippen molar-refractivity contribution in [2.24, 2.45) is 13.0 Å². The predicted molar refractivity (Wildman–Crippen MR) is 59.5 cm³/mol. The average molecular weight is 224 g/mol. The van der Waals surface area contributed by atoms with Crippen LogP contribution in [-0.4, -0.2) is 20.6 Å². The number of hydrogen-bond acceptors (Lipinski definition) is 3. The summed E-state index contributed by atoms with van der Waals surface area (Å²) in [5, 5.41) is 8.86. The van der Waals surface area contributed by atoms with Crippen LogP contribution in [0.5, 0.6) is 0 Å². The summed E-state index contributed by atoms with van der Waals surface area (Å²) in [7, 11) is 1.64. The van der Waals surface area contributed by atoms with Crippen LogP contribution in [0, 0.1) is 19.8 Å². The van der Waals surface area contributed by atoms with Gasteiger partial charge < -0.3 is 5.11 Å². The first-order valence-electron chi connectivity index (χ1n) is 5.10. The van der Waals surface area contributed by atoms with Gasteiger partial charge in [0.25, 0.3) is 0 Å². The van der Waals surface area contributed by atoms with Crippen molar-refractivity contribution in [3.05, 3.63) is 27.4 Å². The molecule has 0 aliphatic carbocycles. The molecular formula is C11H16N2O3. The van der Waals surface area contributed by atoms with Gasteiger partial charge in [-0.2, -0.15) is 4.98 Å². The third-order valence-corrected chi connectivity index (χ3v) is 2.86. The van der Waals surface area contributed by atoms with E-state index >= 15 is 0 Å². The van der Waals surface area contributed by atoms with Crippen LogP contribution in [0.15, 0.2) is 4.79 Å². The maximum Gasteiger partial charge on any atom is 0.347 e. The highest BCUT2D eigenvalue weighted by Crippen LogP contribution is 2.14. The monoisotopic (exact) mass is 224 g/mol. The van der Waals surface area contributed by atoms with Gasteiger partial charge in [-0.1, -0.05) is 6.92 Å². The molecule has 1 unspecified atom stereocenters. The van der Waals surface area contributed by atoms with Crippen LogP contribution in [0.25, 0.3) is 0 Å². The number of carboxylic acids is 1. The molecule has 1 heterocycles. The zero-order valence-corrected chi connectivity index (χ0v) is 9.94. The lowest BCUT2D eigenvalue weighted by Crippen LogP contribution is -2.26. The quantitative estimate of drug-likeness (QED) is 0.818. The van der Waals surface area contributed by atoms with Crippen LogP contribution >= 0.6 is 0 Å². The lowest BCUT2D eigenvalue weighted by atomic mass is 9.99. The zero-order valence-electron chi connectivity index (χ0n) is 9.94. The highest BCUT2D eigenvalue weighted by atomic mass is 16.4. The molecule has 0 spiro atoms. The maximum absolute atomic E-state index is 11.4. The Balaban J connectivity index is 3.19. The Bertz CT molecular complexity index is 477. The number of nitrogens with zero attached hydrogens (tertiary/aromatic N) is 2. The number of aromatic nitrogens is 2. The lowest BCUT2D eigenvalue weighted by molar-refractivity contribution is -0.141. The van der Waals surface area contributed by atoms with E-state index in [-0.39, 0.29) is 5.69 Å². The Morgan fingerprint density at radius 3 is 2.56 bits per heavy atom. The first-order valence-corrected chi connectivity index (χ1v) is 5.10. The standard InChI is InChI=1S/C11H16N2O3/c1-6(10(14)15)5-9-7(2)12-11(16)13(4)8(9)3/h6H,5H2,1-4H3,(H,14,15). The minimum Gasteiger partial charge on any atom is -0.481 e. The molecule has 16 heavy (non-hydrogen) atoms. The molecule has 88 valence electrons. The molecule has 0 bridgehead atoms. The minimum absolute atomic E-state index is 0.304. The molecule has 1 rings (SSSR count). The topological polar surface area (TPSA) is 72.2 Å². The first kappa shape index (κ1) is 12.4. The van der Waals surface area contributed by atoms with E-state index < -0.39 is 11.9 Å². The molecule has 1 atom stereocenters. The zero-order chi connectivity index (χ0) is 12.5. The molecule has 0 radical (unpaired) electrons. The van der Waals surface area contributed by atoms with Crippen molar-refractivity contribution in [2.75, 3.05) is 0 Å². The van der Waals surface area contributed by atoms with E-state index in [1.807, 2.05) is 0 Å². The summed E-state index contributed by atoms with van der Waals surface area (Å²) >= 11 is 0. The van der Waals surface area contributed by atoms with Crippen LogP contribution in [-0.2, 0) is 18.3 Å². The van der Waals surface area contributed by atoms with Crippen LogP contribution in [0.4, 0.5) is 0 Å². The Kier molecular flexibility index (Phi) is 3.47. The summed E-state index contributed by atoms with van der Waals surface area (Å²) in [6, 6.07) is 0. The van der Waals surface area contributed by atoms with Crippen molar-refractivity contribution in [2.45, 2.75) is 27.2 Å². The molecule has 1 aromatic heterocycles. The number of aliphatic carboxylic acids is 1. The van der Waals surface area contributed by atoms with Gasteiger partial charge in [-0.05, 0) is 25.8 Å². The fourth-order valence-electron chi connectivity index (χ4n) is 1.58. The SMILES string of the molecule is Cc1nc(=O)n(C)c(C)c1CC(C)C(=O)O. The molecule has 0 saturated carbocycles. The normalized spacial score (nSPS) is 12.5. The van der Waals surface area contributed by atoms with Gasteiger partial charge in [-0.15, -0.1) is 0 Å². The summed E-state index contributed by atoms with van der Waals surface area (Å²) in [6.07, 6.45) is 0.397. The Hall–Kier alpha value is -1.65. The van der Waals surface area contributed by atoms with Gasteiger partial charge in [-0.25, -0.2) is 4.79 Å². The molecule has 0 saturated heterocycles. The maximum atomic E-state index is 11.4. The van der Waals surface area contributed by atoms with Gasteiger partial charge in [0, 0.05) is 18.4 Å². The highest BCUT2D eigenvalue weighted by Gasteiger charge is 2.16. The van der Waals surface area contributed by atoms with E-state index in [2.05, 4.69) is 4.98 Å². The third-order valence-electron chi connectivity index (χ3n) is 2.86. The van der Waals surface area contributed by atoms with E-state index in [0.29, 0.717) is 12.1 Å². The summed E-state index contributed by atoms with van der Waals surface area (Å²) in [4.78, 5) is 26.0. The lowest BCUT2D eigenvalue weighted by Gasteiger charge is -2.14. The molecule has 0 aliphatic rings. The van der Waals surface area contributed by atoms with E-state index in [9.17, 15) is 9.59 Å². The first-order chi connectivity index (χ1) is 7.34. The second kappa shape index (κ2) is 4.47. The number of hydrogen-bond donors (Lipinski definition) is 1. The summed E-state index contributed by atoms with van der Waals surface area (Å²) < 4.78 is 1.44. The third kappa shape index (κ3) is 2.29. The highest BCUT2D eigenvalue weighted by molar-refractivity contribution is 5.70. The predicted octanol–water partition coefficient (Wildman–Crippen LogP) is 0.660. The Labute approximate surface area is 93.8 Å². The Morgan fingerprint density at radius 2 is 2.06 bits per heavy atom. The molecule has 0 fully saturated rings. The number of carboxylic acid groups (broad SMARTS) is 1. The second-order valence-corrected chi connectivity index (χ2v) is 4.05. The van der Waals surface area contributed by atoms with Gasteiger partial charge in [-0.3, -0.25) is 9.36 Å². The van der Waals surface area contributed by atoms with Crippen LogP contribution in [0.1, 0.15) is 23.9 Å². The van der Waals surface area contributed by atoms with E-state index in [4.69, 9.17) is 5.11 Å². The molecule has 0 aromatic carbocycles. The van der Waals surface area contributed by atoms with Gasteiger partial charge in [0.1, 0.15) is 0 Å². The van der Waals surface area contributed by atoms with Crippen LogP contribution < -0.4 is 5.69 Å². The average Bonchev–Trinajstić information content (AvgIpc) is 2.20. The van der Waals surface area contributed by atoms with Gasteiger partial charge in [0.05, 0.1) is 5.92 Å². The summed E-state index contributed by atoms with van der Waals surface area (Å²) in [6.45, 7) is 5.19. The summed E-state index contributed by atoms with van der Waals surface area (Å²) in [5.41, 5.74) is 1.94. The molecule has 0 amide bonds. The molecular weight excluding hydrogens is 208 g/mol. The molecule has 5 heteroatoms. The van der Waals surface area contributed by atoms with Crippen LogP contribution in [0.3, 0.4) is 0 Å². The number of aryl methyl sites for hydroxylation is 1. The van der Waals surface area contributed by atoms with Crippen molar-refractivity contribution in [3.8, 4) is 0 Å². The fourth-order valence-corrected chi connectivity index (χ4v) is 1.58.